The number of nitrogens with one attached hydrogen (secondary N) is 1. The number of ether oxygens (including phenoxy) is 1. The van der Waals surface area contributed by atoms with Gasteiger partial charge in [0.15, 0.2) is 0 Å². The summed E-state index contributed by atoms with van der Waals surface area (Å²) in [6.07, 6.45) is 15.5. The van der Waals surface area contributed by atoms with Crippen molar-refractivity contribution >= 4 is 11.8 Å². The number of allylic oxidation sites excluding steroid dienone is 5. The zero-order chi connectivity index (χ0) is 16.5. The van der Waals surface area contributed by atoms with Gasteiger partial charge in [0, 0.05) is 12.1 Å². The molecule has 120 valence electrons. The van der Waals surface area contributed by atoms with Crippen LogP contribution in [0, 0.1) is 0 Å². The highest BCUT2D eigenvalue weighted by atomic mass is 16.5. The lowest BCUT2D eigenvalue weighted by molar-refractivity contribution is 0.280. The van der Waals surface area contributed by atoms with E-state index in [1.807, 2.05) is 18.2 Å². The second-order valence-electron chi connectivity index (χ2n) is 5.45. The fraction of sp³-hybridized carbons (Fsp3) is 0.238. The number of hydrogen-bond acceptors (Lipinski definition) is 2. The molecule has 0 radical (unpaired) electrons. The molecule has 2 rings (SSSR count). The van der Waals surface area contributed by atoms with E-state index in [-0.39, 0.29) is 0 Å². The van der Waals surface area contributed by atoms with Gasteiger partial charge in [-0.15, -0.1) is 0 Å². The van der Waals surface area contributed by atoms with Crippen LogP contribution in [0.25, 0.3) is 11.8 Å². The van der Waals surface area contributed by atoms with Crippen LogP contribution in [-0.4, -0.2) is 7.11 Å². The summed E-state index contributed by atoms with van der Waals surface area (Å²) in [6.45, 7) is 6.33. The lowest BCUT2D eigenvalue weighted by Crippen LogP contribution is -2.12. The number of hydrogen-bond donors (Lipinski definition) is 1. The summed E-state index contributed by atoms with van der Waals surface area (Å²) >= 11 is 0. The molecule has 0 amide bonds. The van der Waals surface area contributed by atoms with E-state index in [2.05, 4.69) is 61.3 Å². The standard InChI is InChI=1S/C21H25NO/c1-4-5-7-10-18-13-15-19(16-14-18)17(2)22-20-11-8-6-9-12-21(20)23-3/h6-11,13-16,22H,2,4-5,12H2,1,3H3/b10-7+. The Morgan fingerprint density at radius 3 is 2.74 bits per heavy atom. The van der Waals surface area contributed by atoms with Crippen molar-refractivity contribution in [1.29, 1.82) is 0 Å². The van der Waals surface area contributed by atoms with E-state index in [4.69, 9.17) is 4.74 Å². The van der Waals surface area contributed by atoms with Gasteiger partial charge in [-0.2, -0.15) is 0 Å². The molecule has 2 nitrogen and oxygen atoms in total. The van der Waals surface area contributed by atoms with E-state index in [0.29, 0.717) is 0 Å². The maximum atomic E-state index is 5.46. The molecule has 0 fully saturated rings. The first-order valence-corrected chi connectivity index (χ1v) is 8.08. The van der Waals surface area contributed by atoms with Crippen molar-refractivity contribution in [1.82, 2.24) is 5.32 Å². The first-order valence-electron chi connectivity index (χ1n) is 8.08. The molecule has 1 aromatic rings. The molecule has 0 saturated heterocycles. The van der Waals surface area contributed by atoms with E-state index in [1.165, 1.54) is 12.0 Å². The Bertz CT molecular complexity index is 645. The Morgan fingerprint density at radius 2 is 2.04 bits per heavy atom. The van der Waals surface area contributed by atoms with Crippen molar-refractivity contribution in [2.45, 2.75) is 26.2 Å². The summed E-state index contributed by atoms with van der Waals surface area (Å²) in [5.41, 5.74) is 4.11. The minimum atomic E-state index is 0.778. The zero-order valence-electron chi connectivity index (χ0n) is 14.0. The van der Waals surface area contributed by atoms with Gasteiger partial charge in [0.25, 0.3) is 0 Å². The molecule has 0 bridgehead atoms. The second kappa shape index (κ2) is 8.84. The van der Waals surface area contributed by atoms with Gasteiger partial charge in [0.2, 0.25) is 0 Å². The van der Waals surface area contributed by atoms with Crippen LogP contribution >= 0.6 is 0 Å². The molecule has 1 aromatic carbocycles. The van der Waals surface area contributed by atoms with Crippen LogP contribution in [0.3, 0.4) is 0 Å². The van der Waals surface area contributed by atoms with E-state index < -0.39 is 0 Å². The molecule has 0 aliphatic heterocycles. The van der Waals surface area contributed by atoms with Crippen molar-refractivity contribution < 1.29 is 4.74 Å². The van der Waals surface area contributed by atoms with Crippen molar-refractivity contribution in [2.75, 3.05) is 7.11 Å². The summed E-state index contributed by atoms with van der Waals surface area (Å²) in [6, 6.07) is 8.41. The Morgan fingerprint density at radius 1 is 1.26 bits per heavy atom. The molecule has 2 heteroatoms. The summed E-state index contributed by atoms with van der Waals surface area (Å²) < 4.78 is 5.46. The minimum Gasteiger partial charge on any atom is -0.499 e. The Kier molecular flexibility index (Phi) is 6.49. The van der Waals surface area contributed by atoms with E-state index in [0.717, 1.165) is 35.6 Å². The molecule has 1 aliphatic carbocycles. The monoisotopic (exact) mass is 307 g/mol. The van der Waals surface area contributed by atoms with Crippen LogP contribution in [0.1, 0.15) is 37.3 Å². The highest BCUT2D eigenvalue weighted by Crippen LogP contribution is 2.18. The maximum Gasteiger partial charge on any atom is 0.123 e. The molecular formula is C21H25NO. The predicted molar refractivity (Wildman–Crippen MR) is 99.5 cm³/mol. The number of unbranched alkanes of at least 4 members (excludes halogenated alkanes) is 1. The zero-order valence-corrected chi connectivity index (χ0v) is 14.0. The van der Waals surface area contributed by atoms with Crippen LogP contribution in [0.4, 0.5) is 0 Å². The largest absolute Gasteiger partial charge is 0.499 e. The Hall–Kier alpha value is -2.48. The molecule has 1 aliphatic rings. The smallest absolute Gasteiger partial charge is 0.123 e. The molecular weight excluding hydrogens is 282 g/mol. The normalized spacial score (nSPS) is 14.2. The third-order valence-corrected chi connectivity index (χ3v) is 3.67. The van der Waals surface area contributed by atoms with Crippen LogP contribution in [0.2, 0.25) is 0 Å². The lowest BCUT2D eigenvalue weighted by atomic mass is 10.1. The minimum absolute atomic E-state index is 0.778. The molecule has 0 unspecified atom stereocenters. The summed E-state index contributed by atoms with van der Waals surface area (Å²) in [7, 11) is 1.70. The quantitative estimate of drug-likeness (QED) is 0.724. The molecule has 0 atom stereocenters. The van der Waals surface area contributed by atoms with Gasteiger partial charge in [0.1, 0.15) is 5.76 Å². The summed E-state index contributed by atoms with van der Waals surface area (Å²) in [5, 5.41) is 3.36. The van der Waals surface area contributed by atoms with Crippen LogP contribution in [-0.2, 0) is 4.74 Å². The third-order valence-electron chi connectivity index (χ3n) is 3.67. The van der Waals surface area contributed by atoms with Crippen molar-refractivity contribution in [3.8, 4) is 0 Å². The fourth-order valence-corrected chi connectivity index (χ4v) is 2.33. The Balaban J connectivity index is 2.07. The van der Waals surface area contributed by atoms with Gasteiger partial charge >= 0.3 is 0 Å². The average molecular weight is 307 g/mol. The van der Waals surface area contributed by atoms with Crippen molar-refractivity contribution in [2.24, 2.45) is 0 Å². The molecule has 0 saturated carbocycles. The molecule has 1 N–H and O–H groups in total. The average Bonchev–Trinajstić information content (AvgIpc) is 2.80. The number of methoxy groups -OCH3 is 1. The summed E-state index contributed by atoms with van der Waals surface area (Å²) in [5.74, 6) is 0.912. The number of rotatable bonds is 7. The highest BCUT2D eigenvalue weighted by Gasteiger charge is 2.07. The predicted octanol–water partition coefficient (Wildman–Crippen LogP) is 5.43. The molecule has 0 heterocycles. The molecule has 0 aromatic heterocycles. The molecule has 23 heavy (non-hydrogen) atoms. The van der Waals surface area contributed by atoms with Crippen LogP contribution in [0.15, 0.2) is 72.7 Å². The van der Waals surface area contributed by atoms with E-state index in [1.54, 1.807) is 7.11 Å². The SMILES string of the molecule is C=C(NC1=C(OC)CC=CC=C1)c1ccc(/C=C/CCC)cc1. The summed E-state index contributed by atoms with van der Waals surface area (Å²) in [4.78, 5) is 0. The van der Waals surface area contributed by atoms with Gasteiger partial charge in [-0.3, -0.25) is 0 Å². The number of benzene rings is 1. The highest BCUT2D eigenvalue weighted by molar-refractivity contribution is 5.65. The molecule has 0 spiro atoms. The fourth-order valence-electron chi connectivity index (χ4n) is 2.33. The van der Waals surface area contributed by atoms with Crippen LogP contribution < -0.4 is 5.32 Å². The van der Waals surface area contributed by atoms with E-state index >= 15 is 0 Å². The topological polar surface area (TPSA) is 21.3 Å². The maximum absolute atomic E-state index is 5.46. The van der Waals surface area contributed by atoms with Crippen LogP contribution in [0.5, 0.6) is 0 Å². The van der Waals surface area contributed by atoms with E-state index in [9.17, 15) is 0 Å². The van der Waals surface area contributed by atoms with Gasteiger partial charge in [-0.05, 0) is 23.6 Å². The third kappa shape index (κ3) is 5.03. The second-order valence-corrected chi connectivity index (χ2v) is 5.45. The lowest BCUT2D eigenvalue weighted by Gasteiger charge is -2.14. The first kappa shape index (κ1) is 16.9. The van der Waals surface area contributed by atoms with Gasteiger partial charge in [0.05, 0.1) is 12.8 Å². The first-order chi connectivity index (χ1) is 11.2. The van der Waals surface area contributed by atoms with Gasteiger partial charge in [-0.1, -0.05) is 74.6 Å². The van der Waals surface area contributed by atoms with Gasteiger partial charge in [-0.25, -0.2) is 0 Å². The Labute approximate surface area is 139 Å². The van der Waals surface area contributed by atoms with Crippen molar-refractivity contribution in [3.63, 3.8) is 0 Å². The van der Waals surface area contributed by atoms with Gasteiger partial charge < -0.3 is 10.1 Å². The van der Waals surface area contributed by atoms with Crippen molar-refractivity contribution in [3.05, 3.63) is 83.8 Å².